The Morgan fingerprint density at radius 3 is 2.50 bits per heavy atom. The van der Waals surface area contributed by atoms with Crippen molar-refractivity contribution in [1.82, 2.24) is 19.8 Å². The Morgan fingerprint density at radius 2 is 1.66 bits per heavy atom. The molecule has 0 atom stereocenters. The van der Waals surface area contributed by atoms with Crippen molar-refractivity contribution in [2.24, 2.45) is 5.10 Å². The zero-order chi connectivity index (χ0) is 21.6. The summed E-state index contributed by atoms with van der Waals surface area (Å²) in [5.41, 5.74) is 6.62. The fourth-order valence-electron chi connectivity index (χ4n) is 3.21. The number of benzene rings is 3. The molecule has 0 saturated heterocycles. The maximum atomic E-state index is 5.88. The number of hydrazone groups is 1. The van der Waals surface area contributed by atoms with E-state index in [-0.39, 0.29) is 0 Å². The minimum Gasteiger partial charge on any atom is -0.489 e. The van der Waals surface area contributed by atoms with Gasteiger partial charge in [0.15, 0.2) is 17.3 Å². The van der Waals surface area contributed by atoms with E-state index in [4.69, 9.17) is 4.74 Å². The largest absolute Gasteiger partial charge is 0.489 e. The fourth-order valence-corrected chi connectivity index (χ4v) is 3.21. The van der Waals surface area contributed by atoms with Crippen LogP contribution in [0, 0.1) is 0 Å². The summed E-state index contributed by atoms with van der Waals surface area (Å²) in [5.74, 6) is 2.05. The van der Waals surface area contributed by atoms with E-state index in [1.807, 2.05) is 97.1 Å². The normalized spacial score (nSPS) is 11.1. The van der Waals surface area contributed by atoms with E-state index in [9.17, 15) is 0 Å². The Morgan fingerprint density at radius 1 is 0.844 bits per heavy atom. The zero-order valence-corrected chi connectivity index (χ0v) is 17.2. The van der Waals surface area contributed by atoms with Gasteiger partial charge in [0.25, 0.3) is 0 Å². The van der Waals surface area contributed by atoms with Crippen LogP contribution in [0.3, 0.4) is 0 Å². The molecule has 32 heavy (non-hydrogen) atoms. The van der Waals surface area contributed by atoms with Gasteiger partial charge in [-0.25, -0.2) is 0 Å². The Hall–Kier alpha value is -4.52. The van der Waals surface area contributed by atoms with Crippen LogP contribution in [0.2, 0.25) is 0 Å². The zero-order valence-electron chi connectivity index (χ0n) is 17.2. The summed E-state index contributed by atoms with van der Waals surface area (Å²) in [6.07, 6.45) is 1.73. The number of nitrogens with zero attached hydrogens (tertiary/aromatic N) is 5. The van der Waals surface area contributed by atoms with Gasteiger partial charge in [-0.3, -0.25) is 5.43 Å². The van der Waals surface area contributed by atoms with Crippen molar-refractivity contribution in [2.45, 2.75) is 6.61 Å². The van der Waals surface area contributed by atoms with Crippen LogP contribution in [0.4, 0.5) is 5.82 Å². The van der Waals surface area contributed by atoms with Crippen LogP contribution in [0.15, 0.2) is 102 Å². The average molecular weight is 420 g/mol. The van der Waals surface area contributed by atoms with Crippen LogP contribution >= 0.6 is 0 Å². The Labute approximate surface area is 185 Å². The molecule has 0 radical (unpaired) electrons. The van der Waals surface area contributed by atoms with Crippen molar-refractivity contribution in [1.29, 1.82) is 0 Å². The summed E-state index contributed by atoms with van der Waals surface area (Å²) in [5, 5.41) is 17.3. The lowest BCUT2D eigenvalue weighted by atomic mass is 10.2. The number of hydrogen-bond acceptors (Lipinski definition) is 6. The molecule has 0 saturated carbocycles. The first kappa shape index (κ1) is 19.4. The lowest BCUT2D eigenvalue weighted by Gasteiger charge is -2.07. The standard InChI is InChI=1S/C25H20N6O/c1-3-8-19(9-4-1)18-32-22-13-7-10-20(16-22)17-26-27-23-14-15-24-28-29-25(31(24)30-23)21-11-5-2-6-12-21/h1-17H,18H2,(H,27,30)/b26-17-. The number of ether oxygens (including phenoxy) is 1. The molecule has 0 spiro atoms. The van der Waals surface area contributed by atoms with Crippen LogP contribution in [-0.2, 0) is 6.61 Å². The van der Waals surface area contributed by atoms with Gasteiger partial charge in [0.2, 0.25) is 0 Å². The monoisotopic (exact) mass is 420 g/mol. The van der Waals surface area contributed by atoms with Gasteiger partial charge >= 0.3 is 0 Å². The maximum absolute atomic E-state index is 5.88. The second kappa shape index (κ2) is 9.09. The third-order valence-corrected chi connectivity index (χ3v) is 4.79. The molecule has 1 N–H and O–H groups in total. The number of aromatic nitrogens is 4. The molecule has 0 fully saturated rings. The van der Waals surface area contributed by atoms with Gasteiger partial charge in [0, 0.05) is 5.56 Å². The highest BCUT2D eigenvalue weighted by molar-refractivity contribution is 5.80. The van der Waals surface area contributed by atoms with E-state index in [1.54, 1.807) is 10.7 Å². The third-order valence-electron chi connectivity index (χ3n) is 4.79. The first-order valence-electron chi connectivity index (χ1n) is 10.2. The van der Waals surface area contributed by atoms with E-state index in [0.29, 0.717) is 23.9 Å². The summed E-state index contributed by atoms with van der Waals surface area (Å²) in [7, 11) is 0. The Balaban J connectivity index is 1.28. The van der Waals surface area contributed by atoms with E-state index >= 15 is 0 Å². The molecule has 0 aliphatic heterocycles. The minimum absolute atomic E-state index is 0.520. The smallest absolute Gasteiger partial charge is 0.185 e. The van der Waals surface area contributed by atoms with Crippen LogP contribution < -0.4 is 10.2 Å². The molecule has 2 heterocycles. The summed E-state index contributed by atoms with van der Waals surface area (Å²) in [6.45, 7) is 0.520. The molecule has 5 rings (SSSR count). The van der Waals surface area contributed by atoms with Crippen molar-refractivity contribution < 1.29 is 4.74 Å². The molecule has 0 amide bonds. The highest BCUT2D eigenvalue weighted by Gasteiger charge is 2.09. The lowest BCUT2D eigenvalue weighted by Crippen LogP contribution is -2.00. The average Bonchev–Trinajstić information content (AvgIpc) is 3.28. The second-order valence-corrected chi connectivity index (χ2v) is 7.09. The predicted molar refractivity (Wildman–Crippen MR) is 125 cm³/mol. The number of rotatable bonds is 7. The third kappa shape index (κ3) is 4.46. The minimum atomic E-state index is 0.520. The molecule has 7 nitrogen and oxygen atoms in total. The first-order valence-corrected chi connectivity index (χ1v) is 10.2. The highest BCUT2D eigenvalue weighted by Crippen LogP contribution is 2.18. The summed E-state index contributed by atoms with van der Waals surface area (Å²) < 4.78 is 7.58. The Bertz CT molecular complexity index is 1350. The number of anilines is 1. The van der Waals surface area contributed by atoms with E-state index in [2.05, 4.69) is 25.8 Å². The van der Waals surface area contributed by atoms with Gasteiger partial charge in [0.1, 0.15) is 12.4 Å². The molecule has 5 aromatic rings. The second-order valence-electron chi connectivity index (χ2n) is 7.09. The van der Waals surface area contributed by atoms with Gasteiger partial charge in [-0.05, 0) is 35.4 Å². The van der Waals surface area contributed by atoms with E-state index in [1.165, 1.54) is 0 Å². The fraction of sp³-hybridized carbons (Fsp3) is 0.0400. The first-order chi connectivity index (χ1) is 15.8. The summed E-state index contributed by atoms with van der Waals surface area (Å²) in [4.78, 5) is 0. The molecule has 0 unspecified atom stereocenters. The van der Waals surface area contributed by atoms with Crippen molar-refractivity contribution in [2.75, 3.05) is 5.43 Å². The number of hydrogen-bond donors (Lipinski definition) is 1. The number of fused-ring (bicyclic) bond motifs is 1. The van der Waals surface area contributed by atoms with E-state index in [0.717, 1.165) is 22.4 Å². The Kier molecular flexibility index (Phi) is 5.53. The van der Waals surface area contributed by atoms with Gasteiger partial charge in [-0.2, -0.15) is 9.62 Å². The molecule has 156 valence electrons. The van der Waals surface area contributed by atoms with Crippen LogP contribution in [-0.4, -0.2) is 26.0 Å². The molecule has 2 aromatic heterocycles. The molecular weight excluding hydrogens is 400 g/mol. The lowest BCUT2D eigenvalue weighted by molar-refractivity contribution is 0.306. The molecular formula is C25H20N6O. The predicted octanol–water partition coefficient (Wildman–Crippen LogP) is 4.82. The quantitative estimate of drug-likeness (QED) is 0.302. The molecule has 0 bridgehead atoms. The topological polar surface area (TPSA) is 76.7 Å². The van der Waals surface area contributed by atoms with Gasteiger partial charge < -0.3 is 4.74 Å². The van der Waals surface area contributed by atoms with Crippen molar-refractivity contribution in [3.8, 4) is 17.1 Å². The summed E-state index contributed by atoms with van der Waals surface area (Å²) in [6, 6.07) is 31.3. The van der Waals surface area contributed by atoms with Crippen LogP contribution in [0.5, 0.6) is 5.75 Å². The van der Waals surface area contributed by atoms with Gasteiger partial charge in [-0.1, -0.05) is 72.8 Å². The van der Waals surface area contributed by atoms with Gasteiger partial charge in [-0.15, -0.1) is 15.3 Å². The molecule has 0 aliphatic carbocycles. The van der Waals surface area contributed by atoms with Gasteiger partial charge in [0.05, 0.1) is 6.21 Å². The molecule has 3 aromatic carbocycles. The van der Waals surface area contributed by atoms with Crippen LogP contribution in [0.25, 0.3) is 17.0 Å². The van der Waals surface area contributed by atoms with Crippen molar-refractivity contribution in [3.05, 3.63) is 108 Å². The maximum Gasteiger partial charge on any atom is 0.185 e. The van der Waals surface area contributed by atoms with Crippen molar-refractivity contribution >= 4 is 17.7 Å². The number of nitrogens with one attached hydrogen (secondary N) is 1. The highest BCUT2D eigenvalue weighted by atomic mass is 16.5. The molecule has 7 heteroatoms. The SMILES string of the molecule is C(=N/Nc1ccc2nnc(-c3ccccc3)n2n1)/c1cccc(OCc2ccccc2)c1. The van der Waals surface area contributed by atoms with Crippen molar-refractivity contribution in [3.63, 3.8) is 0 Å². The van der Waals surface area contributed by atoms with Crippen LogP contribution in [0.1, 0.15) is 11.1 Å². The van der Waals surface area contributed by atoms with E-state index < -0.39 is 0 Å². The summed E-state index contributed by atoms with van der Waals surface area (Å²) >= 11 is 0. The molecule has 0 aliphatic rings.